The SMILES string of the molecule is COC(=O)N1C(C)CC(N)C1COC1CCC(O)C(O)C1. The molecule has 2 rings (SSSR count). The maximum atomic E-state index is 11.8. The summed E-state index contributed by atoms with van der Waals surface area (Å²) >= 11 is 0. The van der Waals surface area contributed by atoms with E-state index in [9.17, 15) is 15.0 Å². The molecule has 0 bridgehead atoms. The highest BCUT2D eigenvalue weighted by Crippen LogP contribution is 2.27. The third-order valence-electron chi connectivity index (χ3n) is 4.56. The Labute approximate surface area is 125 Å². The zero-order chi connectivity index (χ0) is 15.6. The van der Waals surface area contributed by atoms with Gasteiger partial charge in [-0.3, -0.25) is 4.90 Å². The fraction of sp³-hybridized carbons (Fsp3) is 0.929. The first-order valence-corrected chi connectivity index (χ1v) is 7.53. The molecule has 122 valence electrons. The number of carbonyl (C=O) groups excluding carboxylic acids is 1. The van der Waals surface area contributed by atoms with Crippen molar-refractivity contribution in [2.75, 3.05) is 13.7 Å². The van der Waals surface area contributed by atoms with E-state index in [2.05, 4.69) is 0 Å². The van der Waals surface area contributed by atoms with Crippen LogP contribution in [0.2, 0.25) is 0 Å². The van der Waals surface area contributed by atoms with Gasteiger partial charge in [-0.25, -0.2) is 4.79 Å². The van der Waals surface area contributed by atoms with E-state index in [1.807, 2.05) is 6.92 Å². The number of amides is 1. The molecule has 0 aromatic carbocycles. The van der Waals surface area contributed by atoms with Crippen molar-refractivity contribution in [2.24, 2.45) is 5.73 Å². The number of hydrogen-bond acceptors (Lipinski definition) is 6. The van der Waals surface area contributed by atoms with Crippen molar-refractivity contribution < 1.29 is 24.5 Å². The lowest BCUT2D eigenvalue weighted by molar-refractivity contribution is -0.0806. The summed E-state index contributed by atoms with van der Waals surface area (Å²) in [6.45, 7) is 2.27. The summed E-state index contributed by atoms with van der Waals surface area (Å²) in [7, 11) is 1.36. The van der Waals surface area contributed by atoms with Gasteiger partial charge in [0.25, 0.3) is 0 Å². The Hall–Kier alpha value is -0.890. The minimum absolute atomic E-state index is 0.0276. The Morgan fingerprint density at radius 1 is 1.29 bits per heavy atom. The van der Waals surface area contributed by atoms with Gasteiger partial charge in [-0.05, 0) is 26.2 Å². The van der Waals surface area contributed by atoms with Gasteiger partial charge in [0.2, 0.25) is 0 Å². The molecule has 2 aliphatic rings. The molecule has 4 N–H and O–H groups in total. The zero-order valence-corrected chi connectivity index (χ0v) is 12.6. The summed E-state index contributed by atoms with van der Waals surface area (Å²) in [5.74, 6) is 0. The second-order valence-electron chi connectivity index (χ2n) is 6.10. The van der Waals surface area contributed by atoms with Crippen molar-refractivity contribution in [3.63, 3.8) is 0 Å². The number of likely N-dealkylation sites (tertiary alicyclic amines) is 1. The van der Waals surface area contributed by atoms with Gasteiger partial charge in [0.1, 0.15) is 0 Å². The molecule has 2 fully saturated rings. The van der Waals surface area contributed by atoms with E-state index in [1.54, 1.807) is 4.90 Å². The third kappa shape index (κ3) is 3.66. The van der Waals surface area contributed by atoms with Crippen LogP contribution >= 0.6 is 0 Å². The molecule has 6 atom stereocenters. The molecular weight excluding hydrogens is 276 g/mol. The Morgan fingerprint density at radius 2 is 2.00 bits per heavy atom. The minimum Gasteiger partial charge on any atom is -0.453 e. The summed E-state index contributed by atoms with van der Waals surface area (Å²) in [6, 6.07) is -0.325. The van der Waals surface area contributed by atoms with Crippen LogP contribution in [0.5, 0.6) is 0 Å². The van der Waals surface area contributed by atoms with E-state index in [0.29, 0.717) is 25.9 Å². The fourth-order valence-electron chi connectivity index (χ4n) is 3.30. The number of nitrogens with two attached hydrogens (primary N) is 1. The number of rotatable bonds is 3. The van der Waals surface area contributed by atoms with E-state index >= 15 is 0 Å². The molecule has 0 radical (unpaired) electrons. The first kappa shape index (κ1) is 16.5. The van der Waals surface area contributed by atoms with Crippen molar-refractivity contribution in [1.29, 1.82) is 0 Å². The van der Waals surface area contributed by atoms with Gasteiger partial charge in [0.15, 0.2) is 0 Å². The number of ether oxygens (including phenoxy) is 2. The van der Waals surface area contributed by atoms with Crippen LogP contribution in [0.15, 0.2) is 0 Å². The molecule has 1 aliphatic carbocycles. The highest BCUT2D eigenvalue weighted by Gasteiger charge is 2.41. The van der Waals surface area contributed by atoms with Crippen LogP contribution in [-0.4, -0.2) is 71.4 Å². The van der Waals surface area contributed by atoms with Crippen LogP contribution in [0, 0.1) is 0 Å². The lowest BCUT2D eigenvalue weighted by Crippen LogP contribution is -2.48. The van der Waals surface area contributed by atoms with Gasteiger partial charge in [-0.1, -0.05) is 0 Å². The van der Waals surface area contributed by atoms with Gasteiger partial charge in [0.05, 0.1) is 38.1 Å². The first-order chi connectivity index (χ1) is 9.93. The molecular formula is C14H26N2O5. The van der Waals surface area contributed by atoms with Crippen LogP contribution in [0.4, 0.5) is 4.79 Å². The Morgan fingerprint density at radius 3 is 2.62 bits per heavy atom. The molecule has 1 heterocycles. The average Bonchev–Trinajstić information content (AvgIpc) is 2.73. The zero-order valence-electron chi connectivity index (χ0n) is 12.6. The molecule has 1 saturated heterocycles. The summed E-state index contributed by atoms with van der Waals surface area (Å²) in [5.41, 5.74) is 6.10. The number of nitrogens with zero attached hydrogens (tertiary/aromatic N) is 1. The predicted molar refractivity (Wildman–Crippen MR) is 75.7 cm³/mol. The molecule has 0 aromatic heterocycles. The molecule has 1 saturated carbocycles. The summed E-state index contributed by atoms with van der Waals surface area (Å²) in [5, 5.41) is 19.2. The fourth-order valence-corrected chi connectivity index (χ4v) is 3.30. The number of aliphatic hydroxyl groups is 2. The maximum Gasteiger partial charge on any atom is 0.410 e. The average molecular weight is 302 g/mol. The van der Waals surface area contributed by atoms with Gasteiger partial charge < -0.3 is 25.4 Å². The molecule has 7 heteroatoms. The molecule has 7 nitrogen and oxygen atoms in total. The summed E-state index contributed by atoms with van der Waals surface area (Å²) in [4.78, 5) is 13.5. The van der Waals surface area contributed by atoms with Gasteiger partial charge in [-0.2, -0.15) is 0 Å². The second-order valence-corrected chi connectivity index (χ2v) is 6.10. The van der Waals surface area contributed by atoms with E-state index in [1.165, 1.54) is 7.11 Å². The molecule has 6 unspecified atom stereocenters. The number of carbonyl (C=O) groups is 1. The molecule has 21 heavy (non-hydrogen) atoms. The Kier molecular flexibility index (Phi) is 5.43. The lowest BCUT2D eigenvalue weighted by atomic mass is 9.92. The Bertz CT molecular complexity index is 367. The smallest absolute Gasteiger partial charge is 0.410 e. The maximum absolute atomic E-state index is 11.8. The van der Waals surface area contributed by atoms with Crippen molar-refractivity contribution in [1.82, 2.24) is 4.90 Å². The van der Waals surface area contributed by atoms with Crippen molar-refractivity contribution in [3.05, 3.63) is 0 Å². The lowest BCUT2D eigenvalue weighted by Gasteiger charge is -2.33. The first-order valence-electron chi connectivity index (χ1n) is 7.53. The van der Waals surface area contributed by atoms with Crippen molar-refractivity contribution in [2.45, 2.75) is 69.0 Å². The van der Waals surface area contributed by atoms with Crippen LogP contribution in [0.25, 0.3) is 0 Å². The van der Waals surface area contributed by atoms with E-state index < -0.39 is 12.2 Å². The van der Waals surface area contributed by atoms with Crippen LogP contribution < -0.4 is 5.73 Å². The molecule has 0 spiro atoms. The monoisotopic (exact) mass is 302 g/mol. The van der Waals surface area contributed by atoms with E-state index in [4.69, 9.17) is 15.2 Å². The summed E-state index contributed by atoms with van der Waals surface area (Å²) < 4.78 is 10.6. The van der Waals surface area contributed by atoms with Crippen molar-refractivity contribution in [3.8, 4) is 0 Å². The predicted octanol–water partition coefficient (Wildman–Crippen LogP) is -0.166. The standard InChI is InChI=1S/C14H26N2O5/c1-8-5-10(15)11(16(8)14(19)20-2)7-21-9-3-4-12(17)13(18)6-9/h8-13,17-18H,3-7,15H2,1-2H3. The molecule has 1 aliphatic heterocycles. The van der Waals surface area contributed by atoms with Crippen molar-refractivity contribution >= 4 is 6.09 Å². The normalized spacial score (nSPS) is 40.3. The molecule has 1 amide bonds. The number of hydrogen-bond donors (Lipinski definition) is 3. The van der Waals surface area contributed by atoms with E-state index in [-0.39, 0.29) is 30.3 Å². The summed E-state index contributed by atoms with van der Waals surface area (Å²) in [6.07, 6.45) is 0.468. The Balaban J connectivity index is 1.90. The molecule has 0 aromatic rings. The number of methoxy groups -OCH3 is 1. The second kappa shape index (κ2) is 6.91. The third-order valence-corrected chi connectivity index (χ3v) is 4.56. The topological polar surface area (TPSA) is 105 Å². The largest absolute Gasteiger partial charge is 0.453 e. The van der Waals surface area contributed by atoms with Crippen LogP contribution in [-0.2, 0) is 9.47 Å². The highest BCUT2D eigenvalue weighted by molar-refractivity contribution is 5.69. The minimum atomic E-state index is -0.739. The van der Waals surface area contributed by atoms with Crippen LogP contribution in [0.3, 0.4) is 0 Å². The highest BCUT2D eigenvalue weighted by atomic mass is 16.5. The van der Waals surface area contributed by atoms with Gasteiger partial charge in [0, 0.05) is 18.5 Å². The number of aliphatic hydroxyl groups excluding tert-OH is 2. The van der Waals surface area contributed by atoms with Gasteiger partial charge >= 0.3 is 6.09 Å². The van der Waals surface area contributed by atoms with Crippen LogP contribution in [0.1, 0.15) is 32.6 Å². The quantitative estimate of drug-likeness (QED) is 0.669. The van der Waals surface area contributed by atoms with E-state index in [0.717, 1.165) is 6.42 Å². The van der Waals surface area contributed by atoms with Gasteiger partial charge in [-0.15, -0.1) is 0 Å².